The fourth-order valence-electron chi connectivity index (χ4n) is 2.29. The van der Waals surface area contributed by atoms with Crippen LogP contribution in [0.1, 0.15) is 24.5 Å². The Hall–Kier alpha value is -2.62. The first kappa shape index (κ1) is 16.7. The molecule has 2 amide bonds. The van der Waals surface area contributed by atoms with E-state index in [1.165, 1.54) is 0 Å². The van der Waals surface area contributed by atoms with E-state index >= 15 is 0 Å². The molecule has 0 atom stereocenters. The summed E-state index contributed by atoms with van der Waals surface area (Å²) in [6, 6.07) is 19.4. The molecule has 4 nitrogen and oxygen atoms in total. The summed E-state index contributed by atoms with van der Waals surface area (Å²) in [6.07, 6.45) is -0.118. The topological polar surface area (TPSA) is 49.4 Å². The molecule has 0 aliphatic rings. The van der Waals surface area contributed by atoms with Gasteiger partial charge in [-0.05, 0) is 18.1 Å². The third kappa shape index (κ3) is 5.58. The average molecular weight is 310 g/mol. The maximum atomic E-state index is 12.3. The number of hydrogen-bond donors (Lipinski definition) is 1. The van der Waals surface area contributed by atoms with Crippen molar-refractivity contribution in [2.45, 2.75) is 26.4 Å². The lowest BCUT2D eigenvalue weighted by Crippen LogP contribution is -2.35. The molecular formula is C19H22N2O2. The lowest BCUT2D eigenvalue weighted by molar-refractivity contribution is -0.136. The quantitative estimate of drug-likeness (QED) is 0.799. The monoisotopic (exact) mass is 310 g/mol. The number of carbonyl (C=O) groups is 2. The molecule has 120 valence electrons. The van der Waals surface area contributed by atoms with E-state index < -0.39 is 0 Å². The first-order valence-corrected chi connectivity index (χ1v) is 7.81. The Morgan fingerprint density at radius 2 is 1.48 bits per heavy atom. The first-order valence-electron chi connectivity index (χ1n) is 7.81. The van der Waals surface area contributed by atoms with E-state index in [1.807, 2.05) is 67.6 Å². The van der Waals surface area contributed by atoms with Crippen LogP contribution in [0.4, 0.5) is 0 Å². The summed E-state index contributed by atoms with van der Waals surface area (Å²) in [5.74, 6) is -0.396. The molecule has 0 saturated heterocycles. The molecule has 0 aliphatic carbocycles. The molecule has 23 heavy (non-hydrogen) atoms. The lowest BCUT2D eigenvalue weighted by atomic mass is 10.2. The van der Waals surface area contributed by atoms with Gasteiger partial charge in [0.1, 0.15) is 6.42 Å². The van der Waals surface area contributed by atoms with Crippen LogP contribution < -0.4 is 5.32 Å². The molecule has 0 radical (unpaired) electrons. The van der Waals surface area contributed by atoms with Crippen LogP contribution in [0.15, 0.2) is 60.7 Å². The van der Waals surface area contributed by atoms with Crippen LogP contribution in [0.5, 0.6) is 0 Å². The second-order valence-corrected chi connectivity index (χ2v) is 5.33. The summed E-state index contributed by atoms with van der Waals surface area (Å²) in [4.78, 5) is 25.9. The van der Waals surface area contributed by atoms with Crippen molar-refractivity contribution in [1.82, 2.24) is 10.2 Å². The lowest BCUT2D eigenvalue weighted by Gasteiger charge is -2.20. The van der Waals surface area contributed by atoms with Crippen molar-refractivity contribution in [2.75, 3.05) is 6.54 Å². The Morgan fingerprint density at radius 3 is 2.04 bits per heavy atom. The predicted octanol–water partition coefficient (Wildman–Crippen LogP) is 2.74. The van der Waals surface area contributed by atoms with Crippen molar-refractivity contribution in [2.24, 2.45) is 0 Å². The van der Waals surface area contributed by atoms with Crippen molar-refractivity contribution in [1.29, 1.82) is 0 Å². The minimum Gasteiger partial charge on any atom is -0.352 e. The van der Waals surface area contributed by atoms with Crippen LogP contribution in [-0.2, 0) is 22.7 Å². The van der Waals surface area contributed by atoms with E-state index in [4.69, 9.17) is 0 Å². The Balaban J connectivity index is 1.82. The Bertz CT molecular complexity index is 626. The SMILES string of the molecule is CCN(Cc1ccccc1)C(=O)CC(=O)NCc1ccccc1. The van der Waals surface area contributed by atoms with E-state index in [9.17, 15) is 9.59 Å². The summed E-state index contributed by atoms with van der Waals surface area (Å²) >= 11 is 0. The second kappa shape index (κ2) is 8.73. The third-order valence-electron chi connectivity index (χ3n) is 3.59. The molecule has 0 unspecified atom stereocenters. The van der Waals surface area contributed by atoms with E-state index in [0.29, 0.717) is 19.6 Å². The van der Waals surface area contributed by atoms with Gasteiger partial charge in [-0.1, -0.05) is 60.7 Å². The predicted molar refractivity (Wildman–Crippen MR) is 90.4 cm³/mol. The number of benzene rings is 2. The van der Waals surface area contributed by atoms with Gasteiger partial charge in [-0.2, -0.15) is 0 Å². The van der Waals surface area contributed by atoms with Gasteiger partial charge in [0.2, 0.25) is 11.8 Å². The molecule has 4 heteroatoms. The molecule has 2 rings (SSSR count). The molecule has 2 aromatic rings. The van der Waals surface area contributed by atoms with Gasteiger partial charge in [0, 0.05) is 19.6 Å². The number of amides is 2. The Labute approximate surface area is 137 Å². The number of rotatable bonds is 7. The van der Waals surface area contributed by atoms with Crippen molar-refractivity contribution in [3.63, 3.8) is 0 Å². The first-order chi connectivity index (χ1) is 11.2. The summed E-state index contributed by atoms with van der Waals surface area (Å²) < 4.78 is 0. The molecule has 0 heterocycles. The molecule has 1 N–H and O–H groups in total. The minimum absolute atomic E-state index is 0.118. The van der Waals surface area contributed by atoms with E-state index in [0.717, 1.165) is 11.1 Å². The normalized spacial score (nSPS) is 10.1. The molecule has 0 aliphatic heterocycles. The maximum absolute atomic E-state index is 12.3. The zero-order valence-corrected chi connectivity index (χ0v) is 13.4. The van der Waals surface area contributed by atoms with Crippen LogP contribution in [0.25, 0.3) is 0 Å². The van der Waals surface area contributed by atoms with Crippen LogP contribution in [0.3, 0.4) is 0 Å². The second-order valence-electron chi connectivity index (χ2n) is 5.33. The van der Waals surface area contributed by atoms with Crippen LogP contribution in [0.2, 0.25) is 0 Å². The minimum atomic E-state index is -0.245. The van der Waals surface area contributed by atoms with Gasteiger partial charge in [0.25, 0.3) is 0 Å². The Morgan fingerprint density at radius 1 is 0.913 bits per heavy atom. The van der Waals surface area contributed by atoms with Crippen molar-refractivity contribution in [3.05, 3.63) is 71.8 Å². The fraction of sp³-hybridized carbons (Fsp3) is 0.263. The van der Waals surface area contributed by atoms with Crippen molar-refractivity contribution >= 4 is 11.8 Å². The van der Waals surface area contributed by atoms with Gasteiger partial charge >= 0.3 is 0 Å². The van der Waals surface area contributed by atoms with Crippen LogP contribution in [-0.4, -0.2) is 23.3 Å². The third-order valence-corrected chi connectivity index (χ3v) is 3.59. The van der Waals surface area contributed by atoms with Crippen LogP contribution in [0, 0.1) is 0 Å². The highest BCUT2D eigenvalue weighted by Crippen LogP contribution is 2.06. The van der Waals surface area contributed by atoms with Gasteiger partial charge in [0.05, 0.1) is 0 Å². The highest BCUT2D eigenvalue weighted by molar-refractivity contribution is 5.96. The molecule has 0 aromatic heterocycles. The highest BCUT2D eigenvalue weighted by Gasteiger charge is 2.16. The van der Waals surface area contributed by atoms with Gasteiger partial charge < -0.3 is 10.2 Å². The smallest absolute Gasteiger partial charge is 0.232 e. The van der Waals surface area contributed by atoms with Crippen molar-refractivity contribution < 1.29 is 9.59 Å². The summed E-state index contributed by atoms with van der Waals surface area (Å²) in [5.41, 5.74) is 2.08. The number of carbonyl (C=O) groups excluding carboxylic acids is 2. The zero-order valence-electron chi connectivity index (χ0n) is 13.4. The van der Waals surface area contributed by atoms with E-state index in [1.54, 1.807) is 4.90 Å². The molecular weight excluding hydrogens is 288 g/mol. The summed E-state index contributed by atoms with van der Waals surface area (Å²) in [7, 11) is 0. The molecule has 0 fully saturated rings. The van der Waals surface area contributed by atoms with Gasteiger partial charge in [-0.15, -0.1) is 0 Å². The highest BCUT2D eigenvalue weighted by atomic mass is 16.2. The van der Waals surface area contributed by atoms with Gasteiger partial charge in [0.15, 0.2) is 0 Å². The van der Waals surface area contributed by atoms with E-state index in [-0.39, 0.29) is 18.2 Å². The van der Waals surface area contributed by atoms with Crippen molar-refractivity contribution in [3.8, 4) is 0 Å². The van der Waals surface area contributed by atoms with Gasteiger partial charge in [-0.3, -0.25) is 9.59 Å². The molecule has 0 bridgehead atoms. The number of nitrogens with one attached hydrogen (secondary N) is 1. The number of nitrogens with zero attached hydrogens (tertiary/aromatic N) is 1. The molecule has 0 spiro atoms. The molecule has 0 saturated carbocycles. The number of hydrogen-bond acceptors (Lipinski definition) is 2. The maximum Gasteiger partial charge on any atom is 0.232 e. The van der Waals surface area contributed by atoms with Crippen LogP contribution >= 0.6 is 0 Å². The Kier molecular flexibility index (Phi) is 6.36. The zero-order chi connectivity index (χ0) is 16.5. The largest absolute Gasteiger partial charge is 0.352 e. The molecule has 2 aromatic carbocycles. The fourth-order valence-corrected chi connectivity index (χ4v) is 2.29. The standard InChI is InChI=1S/C19H22N2O2/c1-2-21(15-17-11-7-4-8-12-17)19(23)13-18(22)20-14-16-9-5-3-6-10-16/h3-12H,2,13-15H2,1H3,(H,20,22). The van der Waals surface area contributed by atoms with Gasteiger partial charge in [-0.25, -0.2) is 0 Å². The van der Waals surface area contributed by atoms with E-state index in [2.05, 4.69) is 5.32 Å². The summed E-state index contributed by atoms with van der Waals surface area (Å²) in [5, 5.41) is 2.79. The summed E-state index contributed by atoms with van der Waals surface area (Å²) in [6.45, 7) is 3.47. The average Bonchev–Trinajstić information content (AvgIpc) is 2.59.